The van der Waals surface area contributed by atoms with Crippen molar-refractivity contribution in [2.75, 3.05) is 18.4 Å². The van der Waals surface area contributed by atoms with Gasteiger partial charge in [0.2, 0.25) is 5.91 Å². The predicted octanol–water partition coefficient (Wildman–Crippen LogP) is 3.41. The van der Waals surface area contributed by atoms with Crippen LogP contribution in [0.25, 0.3) is 0 Å². The lowest BCUT2D eigenvalue weighted by molar-refractivity contribution is -0.115. The second-order valence-corrected chi connectivity index (χ2v) is 6.81. The SMILES string of the molecule is C[C@H](SC(=S)N1CCCC1)C(=O)Nc1cc(F)ccc1F. The Bertz CT molecular complexity index is 548. The fourth-order valence-corrected chi connectivity index (χ4v) is 3.42. The Hall–Kier alpha value is -1.21. The quantitative estimate of drug-likeness (QED) is 0.861. The van der Waals surface area contributed by atoms with Crippen molar-refractivity contribution >= 4 is 39.9 Å². The number of carbonyl (C=O) groups is 1. The molecule has 0 aromatic heterocycles. The van der Waals surface area contributed by atoms with E-state index in [-0.39, 0.29) is 5.69 Å². The third-order valence-corrected chi connectivity index (χ3v) is 4.77. The summed E-state index contributed by atoms with van der Waals surface area (Å²) in [5.41, 5.74) is -0.153. The highest BCUT2D eigenvalue weighted by atomic mass is 32.2. The Morgan fingerprint density at radius 1 is 1.38 bits per heavy atom. The molecule has 3 nitrogen and oxygen atoms in total. The second kappa shape index (κ2) is 7.17. The fraction of sp³-hybridized carbons (Fsp3) is 0.429. The van der Waals surface area contributed by atoms with E-state index in [4.69, 9.17) is 12.2 Å². The van der Waals surface area contributed by atoms with Crippen LogP contribution >= 0.6 is 24.0 Å². The van der Waals surface area contributed by atoms with Gasteiger partial charge in [0.15, 0.2) is 0 Å². The van der Waals surface area contributed by atoms with Crippen LogP contribution in [0.4, 0.5) is 14.5 Å². The number of halogens is 2. The lowest BCUT2D eigenvalue weighted by atomic mass is 10.3. The average Bonchev–Trinajstić information content (AvgIpc) is 2.97. The maximum Gasteiger partial charge on any atom is 0.237 e. The van der Waals surface area contributed by atoms with Gasteiger partial charge >= 0.3 is 0 Å². The Kier molecular flexibility index (Phi) is 5.52. The molecule has 0 bridgehead atoms. The first-order chi connectivity index (χ1) is 9.97. The number of anilines is 1. The normalized spacial score (nSPS) is 15.9. The number of hydrogen-bond donors (Lipinski definition) is 1. The number of amides is 1. The van der Waals surface area contributed by atoms with E-state index in [0.29, 0.717) is 4.32 Å². The first-order valence-corrected chi connectivity index (χ1v) is 7.97. The van der Waals surface area contributed by atoms with Gasteiger partial charge in [-0.1, -0.05) is 24.0 Å². The Morgan fingerprint density at radius 2 is 2.05 bits per heavy atom. The van der Waals surface area contributed by atoms with Crippen LogP contribution in [0.3, 0.4) is 0 Å². The topological polar surface area (TPSA) is 32.3 Å². The molecule has 1 saturated heterocycles. The highest BCUT2D eigenvalue weighted by molar-refractivity contribution is 8.23. The minimum atomic E-state index is -0.663. The van der Waals surface area contributed by atoms with Crippen LogP contribution in [0, 0.1) is 11.6 Å². The molecule has 0 radical (unpaired) electrons. The summed E-state index contributed by atoms with van der Waals surface area (Å²) in [4.78, 5) is 14.1. The van der Waals surface area contributed by atoms with Gasteiger partial charge < -0.3 is 10.2 Å². The first-order valence-electron chi connectivity index (χ1n) is 6.69. The molecule has 1 N–H and O–H groups in total. The van der Waals surface area contributed by atoms with Crippen molar-refractivity contribution in [1.82, 2.24) is 4.90 Å². The molecule has 1 aromatic rings. The molecule has 21 heavy (non-hydrogen) atoms. The summed E-state index contributed by atoms with van der Waals surface area (Å²) in [7, 11) is 0. The highest BCUT2D eigenvalue weighted by Crippen LogP contribution is 2.22. The smallest absolute Gasteiger partial charge is 0.237 e. The number of hydrogen-bond acceptors (Lipinski definition) is 3. The molecular formula is C14H16F2N2OS2. The third kappa shape index (κ3) is 4.38. The number of thiocarbonyl (C=S) groups is 1. The van der Waals surface area contributed by atoms with Crippen molar-refractivity contribution in [3.8, 4) is 0 Å². The van der Waals surface area contributed by atoms with E-state index in [1.165, 1.54) is 11.8 Å². The molecule has 1 atom stereocenters. The zero-order valence-electron chi connectivity index (χ0n) is 11.6. The van der Waals surface area contributed by atoms with Gasteiger partial charge in [-0.25, -0.2) is 8.78 Å². The molecule has 1 aliphatic heterocycles. The average molecular weight is 330 g/mol. The van der Waals surface area contributed by atoms with E-state index in [0.717, 1.165) is 44.1 Å². The van der Waals surface area contributed by atoms with E-state index in [1.54, 1.807) is 6.92 Å². The summed E-state index contributed by atoms with van der Waals surface area (Å²) in [6, 6.07) is 2.95. The van der Waals surface area contributed by atoms with Crippen LogP contribution in [0.5, 0.6) is 0 Å². The summed E-state index contributed by atoms with van der Waals surface area (Å²) >= 11 is 6.56. The molecule has 1 fully saturated rings. The largest absolute Gasteiger partial charge is 0.358 e. The van der Waals surface area contributed by atoms with Crippen LogP contribution < -0.4 is 5.32 Å². The molecule has 7 heteroatoms. The maximum atomic E-state index is 13.5. The number of carbonyl (C=O) groups excluding carboxylic acids is 1. The molecule has 114 valence electrons. The molecule has 0 spiro atoms. The monoisotopic (exact) mass is 330 g/mol. The molecule has 0 aliphatic carbocycles. The Morgan fingerprint density at radius 3 is 2.71 bits per heavy atom. The van der Waals surface area contributed by atoms with E-state index in [2.05, 4.69) is 10.2 Å². The van der Waals surface area contributed by atoms with Gasteiger partial charge in [-0.05, 0) is 31.9 Å². The second-order valence-electron chi connectivity index (χ2n) is 4.83. The van der Waals surface area contributed by atoms with Gasteiger partial charge in [0, 0.05) is 19.2 Å². The molecular weight excluding hydrogens is 314 g/mol. The van der Waals surface area contributed by atoms with Crippen LogP contribution in [-0.4, -0.2) is 33.5 Å². The zero-order chi connectivity index (χ0) is 15.4. The fourth-order valence-electron chi connectivity index (χ4n) is 2.01. The van der Waals surface area contributed by atoms with Crippen molar-refractivity contribution in [2.45, 2.75) is 25.0 Å². The van der Waals surface area contributed by atoms with Crippen molar-refractivity contribution < 1.29 is 13.6 Å². The minimum Gasteiger partial charge on any atom is -0.358 e. The molecule has 1 amide bonds. The van der Waals surface area contributed by atoms with Gasteiger partial charge in [0.25, 0.3) is 0 Å². The highest BCUT2D eigenvalue weighted by Gasteiger charge is 2.22. The number of nitrogens with zero attached hydrogens (tertiary/aromatic N) is 1. The molecule has 2 rings (SSSR count). The van der Waals surface area contributed by atoms with Crippen LogP contribution in [0.1, 0.15) is 19.8 Å². The Balaban J connectivity index is 1.93. The first kappa shape index (κ1) is 16.2. The summed E-state index contributed by atoms with van der Waals surface area (Å²) in [6.07, 6.45) is 2.21. The Labute approximate surface area is 132 Å². The van der Waals surface area contributed by atoms with Gasteiger partial charge in [0.05, 0.1) is 10.9 Å². The number of nitrogens with one attached hydrogen (secondary N) is 1. The van der Waals surface area contributed by atoms with Crippen LogP contribution in [0.15, 0.2) is 18.2 Å². The molecule has 0 unspecified atom stereocenters. The number of rotatable bonds is 3. The molecule has 1 aromatic carbocycles. The standard InChI is InChI=1S/C14H16F2N2OS2/c1-9(21-14(20)18-6-2-3-7-18)13(19)17-12-8-10(15)4-5-11(12)16/h4-5,8-9H,2-3,6-7H2,1H3,(H,17,19)/t9-/m0/s1. The van der Waals surface area contributed by atoms with Crippen LogP contribution in [-0.2, 0) is 4.79 Å². The van der Waals surface area contributed by atoms with Gasteiger partial charge in [-0.2, -0.15) is 0 Å². The van der Waals surface area contributed by atoms with E-state index >= 15 is 0 Å². The zero-order valence-corrected chi connectivity index (χ0v) is 13.2. The maximum absolute atomic E-state index is 13.5. The molecule has 1 heterocycles. The van der Waals surface area contributed by atoms with E-state index in [1.807, 2.05) is 0 Å². The van der Waals surface area contributed by atoms with Crippen molar-refractivity contribution in [2.24, 2.45) is 0 Å². The van der Waals surface area contributed by atoms with Crippen molar-refractivity contribution in [3.05, 3.63) is 29.8 Å². The number of likely N-dealkylation sites (tertiary alicyclic amines) is 1. The van der Waals surface area contributed by atoms with Gasteiger partial charge in [-0.3, -0.25) is 4.79 Å². The lowest BCUT2D eigenvalue weighted by Crippen LogP contribution is -2.29. The van der Waals surface area contributed by atoms with Crippen LogP contribution in [0.2, 0.25) is 0 Å². The minimum absolute atomic E-state index is 0.153. The van der Waals surface area contributed by atoms with E-state index in [9.17, 15) is 13.6 Å². The molecule has 1 aliphatic rings. The van der Waals surface area contributed by atoms with Crippen molar-refractivity contribution in [1.29, 1.82) is 0 Å². The van der Waals surface area contributed by atoms with Gasteiger partial charge in [-0.15, -0.1) is 0 Å². The number of benzene rings is 1. The summed E-state index contributed by atoms with van der Waals surface area (Å²) in [5.74, 6) is -1.66. The summed E-state index contributed by atoms with van der Waals surface area (Å²) in [5, 5.41) is 1.92. The lowest BCUT2D eigenvalue weighted by Gasteiger charge is -2.20. The molecule has 0 saturated carbocycles. The summed E-state index contributed by atoms with van der Waals surface area (Å²) in [6.45, 7) is 3.52. The van der Waals surface area contributed by atoms with Gasteiger partial charge in [0.1, 0.15) is 16.0 Å². The van der Waals surface area contributed by atoms with E-state index < -0.39 is 22.8 Å². The number of thioether (sulfide) groups is 1. The predicted molar refractivity (Wildman–Crippen MR) is 85.4 cm³/mol. The third-order valence-electron chi connectivity index (χ3n) is 3.20. The summed E-state index contributed by atoms with van der Waals surface area (Å²) < 4.78 is 27.2. The van der Waals surface area contributed by atoms with Crippen molar-refractivity contribution in [3.63, 3.8) is 0 Å².